The van der Waals surface area contributed by atoms with Crippen LogP contribution in [0.1, 0.15) is 43.4 Å². The summed E-state index contributed by atoms with van der Waals surface area (Å²) in [5, 5.41) is 8.59. The number of hydrogen-bond acceptors (Lipinski definition) is 3. The summed E-state index contributed by atoms with van der Waals surface area (Å²) in [7, 11) is 0. The van der Waals surface area contributed by atoms with Crippen molar-refractivity contribution in [3.63, 3.8) is 0 Å². The van der Waals surface area contributed by atoms with Crippen molar-refractivity contribution < 1.29 is 22.8 Å². The molecule has 0 spiro atoms. The zero-order valence-corrected chi connectivity index (χ0v) is 14.7. The highest BCUT2D eigenvalue weighted by Crippen LogP contribution is 2.34. The van der Waals surface area contributed by atoms with E-state index in [2.05, 4.69) is 16.0 Å². The predicted octanol–water partition coefficient (Wildman–Crippen LogP) is 2.75. The van der Waals surface area contributed by atoms with Gasteiger partial charge in [-0.2, -0.15) is 13.2 Å². The lowest BCUT2D eigenvalue weighted by molar-refractivity contribution is -0.137. The monoisotopic (exact) mass is 389 g/mol. The largest absolute Gasteiger partial charge is 0.416 e. The van der Waals surface area contributed by atoms with Gasteiger partial charge in [0.15, 0.2) is 0 Å². The third-order valence-corrected chi connectivity index (χ3v) is 4.98. The SMILES string of the molecule is CC(NC(=O)C1CC(=O)NC(C2CC2)N1)c1ccc(C(F)(F)F)cc1Cl. The van der Waals surface area contributed by atoms with Gasteiger partial charge in [-0.05, 0) is 43.4 Å². The third-order valence-electron chi connectivity index (χ3n) is 4.65. The maximum atomic E-state index is 12.7. The summed E-state index contributed by atoms with van der Waals surface area (Å²) in [6, 6.07) is 1.76. The second-order valence-electron chi connectivity index (χ2n) is 6.77. The molecule has 1 aliphatic carbocycles. The molecule has 26 heavy (non-hydrogen) atoms. The van der Waals surface area contributed by atoms with Crippen molar-refractivity contribution in [3.8, 4) is 0 Å². The van der Waals surface area contributed by atoms with Crippen LogP contribution in [0, 0.1) is 5.92 Å². The number of hydrogen-bond donors (Lipinski definition) is 3. The van der Waals surface area contributed by atoms with Gasteiger partial charge in [-0.15, -0.1) is 0 Å². The molecular weight excluding hydrogens is 371 g/mol. The number of rotatable bonds is 4. The number of benzene rings is 1. The van der Waals surface area contributed by atoms with Crippen LogP contribution in [0.3, 0.4) is 0 Å². The van der Waals surface area contributed by atoms with Gasteiger partial charge in [0.05, 0.1) is 30.2 Å². The van der Waals surface area contributed by atoms with Gasteiger partial charge in [-0.25, -0.2) is 0 Å². The van der Waals surface area contributed by atoms with Crippen LogP contribution in [0.2, 0.25) is 5.02 Å². The number of amides is 2. The summed E-state index contributed by atoms with van der Waals surface area (Å²) < 4.78 is 38.2. The van der Waals surface area contributed by atoms with E-state index in [9.17, 15) is 22.8 Å². The van der Waals surface area contributed by atoms with E-state index in [0.29, 0.717) is 11.5 Å². The van der Waals surface area contributed by atoms with Crippen molar-refractivity contribution in [2.24, 2.45) is 5.92 Å². The number of carbonyl (C=O) groups is 2. The van der Waals surface area contributed by atoms with Gasteiger partial charge in [0, 0.05) is 5.02 Å². The van der Waals surface area contributed by atoms with E-state index in [-0.39, 0.29) is 29.4 Å². The van der Waals surface area contributed by atoms with E-state index in [1.54, 1.807) is 6.92 Å². The van der Waals surface area contributed by atoms with E-state index in [1.165, 1.54) is 6.07 Å². The molecule has 1 heterocycles. The lowest BCUT2D eigenvalue weighted by Crippen LogP contribution is -2.61. The Morgan fingerprint density at radius 3 is 2.62 bits per heavy atom. The van der Waals surface area contributed by atoms with Gasteiger partial charge in [0.2, 0.25) is 11.8 Å². The summed E-state index contributed by atoms with van der Waals surface area (Å²) >= 11 is 5.96. The minimum absolute atomic E-state index is 0.0164. The van der Waals surface area contributed by atoms with Gasteiger partial charge in [-0.1, -0.05) is 17.7 Å². The average Bonchev–Trinajstić information content (AvgIpc) is 3.38. The van der Waals surface area contributed by atoms with Crippen LogP contribution in [0.5, 0.6) is 0 Å². The molecule has 3 rings (SSSR count). The van der Waals surface area contributed by atoms with Gasteiger partial charge in [0.25, 0.3) is 0 Å². The Kier molecular flexibility index (Phi) is 5.16. The fraction of sp³-hybridized carbons (Fsp3) is 0.529. The topological polar surface area (TPSA) is 70.2 Å². The molecule has 3 atom stereocenters. The smallest absolute Gasteiger partial charge is 0.348 e. The highest BCUT2D eigenvalue weighted by molar-refractivity contribution is 6.31. The maximum absolute atomic E-state index is 12.7. The molecule has 2 fully saturated rings. The molecule has 1 saturated carbocycles. The van der Waals surface area contributed by atoms with Crippen LogP contribution in [0.15, 0.2) is 18.2 Å². The molecule has 2 aliphatic rings. The van der Waals surface area contributed by atoms with Gasteiger partial charge in [0.1, 0.15) is 0 Å². The molecular formula is C17H19ClF3N3O2. The van der Waals surface area contributed by atoms with Crippen molar-refractivity contribution in [1.29, 1.82) is 0 Å². The van der Waals surface area contributed by atoms with E-state index in [4.69, 9.17) is 11.6 Å². The van der Waals surface area contributed by atoms with E-state index in [0.717, 1.165) is 25.0 Å². The minimum Gasteiger partial charge on any atom is -0.348 e. The van der Waals surface area contributed by atoms with Crippen LogP contribution in [0.4, 0.5) is 13.2 Å². The molecule has 142 valence electrons. The van der Waals surface area contributed by atoms with Crippen LogP contribution < -0.4 is 16.0 Å². The maximum Gasteiger partial charge on any atom is 0.416 e. The zero-order chi connectivity index (χ0) is 19.1. The summed E-state index contributed by atoms with van der Waals surface area (Å²) in [6.45, 7) is 1.63. The second-order valence-corrected chi connectivity index (χ2v) is 7.18. The van der Waals surface area contributed by atoms with E-state index >= 15 is 0 Å². The van der Waals surface area contributed by atoms with Crippen molar-refractivity contribution in [1.82, 2.24) is 16.0 Å². The van der Waals surface area contributed by atoms with Crippen molar-refractivity contribution in [3.05, 3.63) is 34.3 Å². The summed E-state index contributed by atoms with van der Waals surface area (Å²) in [5.41, 5.74) is -0.463. The van der Waals surface area contributed by atoms with E-state index in [1.807, 2.05) is 0 Å². The molecule has 1 saturated heterocycles. The normalized spacial score (nSPS) is 24.7. The Morgan fingerprint density at radius 1 is 1.35 bits per heavy atom. The van der Waals surface area contributed by atoms with Gasteiger partial charge >= 0.3 is 6.18 Å². The van der Waals surface area contributed by atoms with Crippen molar-refractivity contribution in [2.45, 2.75) is 50.6 Å². The molecule has 3 unspecified atom stereocenters. The highest BCUT2D eigenvalue weighted by Gasteiger charge is 2.39. The zero-order valence-electron chi connectivity index (χ0n) is 14.0. The molecule has 0 aromatic heterocycles. The van der Waals surface area contributed by atoms with Crippen LogP contribution >= 0.6 is 11.6 Å². The number of halogens is 4. The highest BCUT2D eigenvalue weighted by atomic mass is 35.5. The molecule has 1 aliphatic heterocycles. The molecule has 5 nitrogen and oxygen atoms in total. The standard InChI is InChI=1S/C17H19ClF3N3O2/c1-8(11-5-4-10(6-12(11)18)17(19,20)21)22-16(26)13-7-14(25)24-15(23-13)9-2-3-9/h4-6,8-9,13,15,23H,2-3,7H2,1H3,(H,22,26)(H,24,25). The minimum atomic E-state index is -4.48. The van der Waals surface area contributed by atoms with Gasteiger partial charge in [-0.3, -0.25) is 14.9 Å². The molecule has 1 aromatic rings. The molecule has 9 heteroatoms. The molecule has 0 radical (unpaired) electrons. The number of nitrogens with one attached hydrogen (secondary N) is 3. The Hall–Kier alpha value is -1.80. The van der Waals surface area contributed by atoms with E-state index < -0.39 is 23.8 Å². The number of alkyl halides is 3. The first-order valence-electron chi connectivity index (χ1n) is 8.37. The molecule has 3 N–H and O–H groups in total. The van der Waals surface area contributed by atoms with Crippen LogP contribution in [-0.2, 0) is 15.8 Å². The summed E-state index contributed by atoms with van der Waals surface area (Å²) in [6.07, 6.45) is -2.67. The molecule has 0 bridgehead atoms. The first-order valence-corrected chi connectivity index (χ1v) is 8.75. The fourth-order valence-corrected chi connectivity index (χ4v) is 3.38. The van der Waals surface area contributed by atoms with Crippen LogP contribution in [-0.4, -0.2) is 24.0 Å². The Bertz CT molecular complexity index is 722. The predicted molar refractivity (Wildman–Crippen MR) is 89.2 cm³/mol. The third kappa shape index (κ3) is 4.29. The fourth-order valence-electron chi connectivity index (χ4n) is 3.03. The lowest BCUT2D eigenvalue weighted by atomic mass is 10.0. The second kappa shape index (κ2) is 7.08. The van der Waals surface area contributed by atoms with Crippen molar-refractivity contribution >= 4 is 23.4 Å². The van der Waals surface area contributed by atoms with Crippen molar-refractivity contribution in [2.75, 3.05) is 0 Å². The Labute approximate surface area is 153 Å². The van der Waals surface area contributed by atoms with Gasteiger partial charge < -0.3 is 10.6 Å². The number of carbonyl (C=O) groups excluding carboxylic acids is 2. The molecule has 2 amide bonds. The summed E-state index contributed by atoms with van der Waals surface area (Å²) in [4.78, 5) is 24.3. The quantitative estimate of drug-likeness (QED) is 0.741. The summed E-state index contributed by atoms with van der Waals surface area (Å²) in [5.74, 6) is -0.230. The molecule has 1 aromatic carbocycles. The Balaban J connectivity index is 1.66. The van der Waals surface area contributed by atoms with Crippen LogP contribution in [0.25, 0.3) is 0 Å². The Morgan fingerprint density at radius 2 is 2.04 bits per heavy atom. The first-order chi connectivity index (χ1) is 12.1. The lowest BCUT2D eigenvalue weighted by Gasteiger charge is -2.31. The average molecular weight is 390 g/mol. The first kappa shape index (κ1) is 19.0.